The van der Waals surface area contributed by atoms with Crippen LogP contribution in [0.1, 0.15) is 20.3 Å². The van der Waals surface area contributed by atoms with Gasteiger partial charge >= 0.3 is 0 Å². The maximum atomic E-state index is 11.9. The number of fused-ring (bicyclic) bond motifs is 1. The lowest BCUT2D eigenvalue weighted by molar-refractivity contribution is -0.134. The summed E-state index contributed by atoms with van der Waals surface area (Å²) in [7, 11) is 1.93. The fraction of sp³-hybridized carbons (Fsp3) is 0.900. The Morgan fingerprint density at radius 2 is 2.23 bits per heavy atom. The molecule has 0 aliphatic carbocycles. The zero-order chi connectivity index (χ0) is 9.64. The molecule has 2 fully saturated rings. The molecule has 0 aromatic carbocycles. The van der Waals surface area contributed by atoms with E-state index in [1.54, 1.807) is 0 Å². The van der Waals surface area contributed by atoms with Gasteiger partial charge in [0, 0.05) is 25.0 Å². The molecular weight excluding hydrogens is 164 g/mol. The molecule has 2 heterocycles. The van der Waals surface area contributed by atoms with E-state index in [1.165, 1.54) is 0 Å². The van der Waals surface area contributed by atoms with Gasteiger partial charge in [-0.25, -0.2) is 0 Å². The van der Waals surface area contributed by atoms with E-state index in [-0.39, 0.29) is 5.41 Å². The summed E-state index contributed by atoms with van der Waals surface area (Å²) in [5.41, 5.74) is -0.137. The molecule has 0 aromatic heterocycles. The fourth-order valence-corrected chi connectivity index (χ4v) is 2.85. The van der Waals surface area contributed by atoms with Crippen molar-refractivity contribution in [3.05, 3.63) is 0 Å². The Labute approximate surface area is 79.5 Å². The van der Waals surface area contributed by atoms with E-state index in [1.807, 2.05) is 11.9 Å². The first kappa shape index (κ1) is 9.00. The second kappa shape index (κ2) is 2.71. The lowest BCUT2D eigenvalue weighted by Gasteiger charge is -2.32. The normalized spacial score (nSPS) is 37.8. The molecule has 3 nitrogen and oxygen atoms in total. The predicted octanol–water partition coefficient (Wildman–Crippen LogP) is 0.463. The van der Waals surface area contributed by atoms with Crippen LogP contribution in [-0.2, 0) is 4.79 Å². The third-order valence-electron chi connectivity index (χ3n) is 3.75. The quantitative estimate of drug-likeness (QED) is 0.590. The lowest BCUT2D eigenvalue weighted by atomic mass is 9.75. The summed E-state index contributed by atoms with van der Waals surface area (Å²) < 4.78 is 0. The third kappa shape index (κ3) is 1.10. The number of rotatable bonds is 0. The van der Waals surface area contributed by atoms with Crippen LogP contribution in [0.2, 0.25) is 0 Å². The first-order valence-electron chi connectivity index (χ1n) is 5.03. The van der Waals surface area contributed by atoms with Gasteiger partial charge in [0.05, 0.1) is 0 Å². The highest BCUT2D eigenvalue weighted by Crippen LogP contribution is 2.42. The number of amides is 1. The zero-order valence-corrected chi connectivity index (χ0v) is 8.63. The minimum atomic E-state index is -0.137. The highest BCUT2D eigenvalue weighted by atomic mass is 16.2. The Hall–Kier alpha value is -0.570. The summed E-state index contributed by atoms with van der Waals surface area (Å²) in [6.07, 6.45) is 1.13. The van der Waals surface area contributed by atoms with Crippen LogP contribution in [-0.4, -0.2) is 37.0 Å². The van der Waals surface area contributed by atoms with Crippen molar-refractivity contribution in [2.75, 3.05) is 20.1 Å². The maximum absolute atomic E-state index is 11.9. The third-order valence-corrected chi connectivity index (χ3v) is 3.75. The largest absolute Gasteiger partial charge is 0.341 e. The number of carbonyl (C=O) groups excluding carboxylic acids is 1. The van der Waals surface area contributed by atoms with E-state index in [9.17, 15) is 4.79 Å². The van der Waals surface area contributed by atoms with Crippen LogP contribution in [0.15, 0.2) is 0 Å². The van der Waals surface area contributed by atoms with Crippen molar-refractivity contribution in [2.45, 2.75) is 26.3 Å². The topological polar surface area (TPSA) is 32.3 Å². The number of piperidine rings is 1. The van der Waals surface area contributed by atoms with Crippen molar-refractivity contribution < 1.29 is 4.79 Å². The van der Waals surface area contributed by atoms with Crippen LogP contribution in [0, 0.1) is 11.3 Å². The number of likely N-dealkylation sites (N-methyl/N-ethyl adjacent to an activating group) is 1. The minimum Gasteiger partial charge on any atom is -0.341 e. The molecule has 2 atom stereocenters. The van der Waals surface area contributed by atoms with Gasteiger partial charge < -0.3 is 10.2 Å². The number of nitrogens with one attached hydrogen (secondary N) is 1. The Morgan fingerprint density at radius 1 is 1.54 bits per heavy atom. The molecule has 0 spiro atoms. The van der Waals surface area contributed by atoms with Gasteiger partial charge in [-0.2, -0.15) is 0 Å². The van der Waals surface area contributed by atoms with Gasteiger partial charge in [-0.05, 0) is 18.9 Å². The molecule has 0 saturated carbocycles. The smallest absolute Gasteiger partial charge is 0.228 e. The lowest BCUT2D eigenvalue weighted by Crippen LogP contribution is -2.45. The van der Waals surface area contributed by atoms with Gasteiger partial charge in [0.1, 0.15) is 0 Å². The average molecular weight is 182 g/mol. The van der Waals surface area contributed by atoms with Crippen LogP contribution < -0.4 is 5.32 Å². The number of nitrogens with zero attached hydrogens (tertiary/aromatic N) is 1. The van der Waals surface area contributed by atoms with Crippen molar-refractivity contribution in [2.24, 2.45) is 11.3 Å². The van der Waals surface area contributed by atoms with Gasteiger partial charge in [0.25, 0.3) is 0 Å². The van der Waals surface area contributed by atoms with Crippen molar-refractivity contribution >= 4 is 5.91 Å². The summed E-state index contributed by atoms with van der Waals surface area (Å²) in [5.74, 6) is 0.859. The molecule has 2 aliphatic rings. The first-order chi connectivity index (χ1) is 6.05. The number of hydrogen-bond acceptors (Lipinski definition) is 2. The van der Waals surface area contributed by atoms with Gasteiger partial charge in [-0.15, -0.1) is 0 Å². The Balaban J connectivity index is 2.29. The van der Waals surface area contributed by atoms with Gasteiger partial charge in [0.2, 0.25) is 5.91 Å². The van der Waals surface area contributed by atoms with E-state index in [2.05, 4.69) is 19.2 Å². The summed E-state index contributed by atoms with van der Waals surface area (Å²) in [6, 6.07) is 0.427. The molecule has 3 heteroatoms. The van der Waals surface area contributed by atoms with Crippen molar-refractivity contribution in [1.82, 2.24) is 10.2 Å². The fourth-order valence-electron chi connectivity index (χ4n) is 2.85. The first-order valence-corrected chi connectivity index (χ1v) is 5.03. The molecule has 0 bridgehead atoms. The SMILES string of the molecule is CN1C(=O)C(C)(C)C2CCNCC21. The Kier molecular flexibility index (Phi) is 1.88. The Morgan fingerprint density at radius 3 is 2.85 bits per heavy atom. The summed E-state index contributed by atoms with van der Waals surface area (Å²) in [5, 5.41) is 3.35. The highest BCUT2D eigenvalue weighted by Gasteiger charge is 2.52. The zero-order valence-electron chi connectivity index (χ0n) is 8.63. The molecule has 0 radical (unpaired) electrons. The number of likely N-dealkylation sites (tertiary alicyclic amines) is 1. The van der Waals surface area contributed by atoms with Gasteiger partial charge in [-0.3, -0.25) is 4.79 Å². The minimum absolute atomic E-state index is 0.137. The number of hydrogen-bond donors (Lipinski definition) is 1. The van der Waals surface area contributed by atoms with Crippen LogP contribution >= 0.6 is 0 Å². The summed E-state index contributed by atoms with van der Waals surface area (Å²) in [4.78, 5) is 13.8. The van der Waals surface area contributed by atoms with E-state index >= 15 is 0 Å². The summed E-state index contributed by atoms with van der Waals surface area (Å²) >= 11 is 0. The van der Waals surface area contributed by atoms with Crippen LogP contribution in [0.25, 0.3) is 0 Å². The van der Waals surface area contributed by atoms with E-state index in [0.717, 1.165) is 19.5 Å². The molecule has 2 saturated heterocycles. The standard InChI is InChI=1S/C10H18N2O/c1-10(2)7-4-5-11-6-8(7)12(3)9(10)13/h7-8,11H,4-6H2,1-3H3. The highest BCUT2D eigenvalue weighted by molar-refractivity contribution is 5.85. The molecule has 13 heavy (non-hydrogen) atoms. The molecule has 1 amide bonds. The second-order valence-corrected chi connectivity index (χ2v) is 4.80. The van der Waals surface area contributed by atoms with Crippen LogP contribution in [0.3, 0.4) is 0 Å². The molecule has 0 aromatic rings. The Bertz CT molecular complexity index is 237. The molecule has 2 rings (SSSR count). The van der Waals surface area contributed by atoms with Crippen molar-refractivity contribution in [1.29, 1.82) is 0 Å². The van der Waals surface area contributed by atoms with E-state index in [0.29, 0.717) is 17.9 Å². The number of carbonyl (C=O) groups is 1. The van der Waals surface area contributed by atoms with Crippen LogP contribution in [0.5, 0.6) is 0 Å². The summed E-state index contributed by atoms with van der Waals surface area (Å²) in [6.45, 7) is 6.20. The second-order valence-electron chi connectivity index (χ2n) is 4.80. The monoisotopic (exact) mass is 182 g/mol. The van der Waals surface area contributed by atoms with Gasteiger partial charge in [-0.1, -0.05) is 13.8 Å². The van der Waals surface area contributed by atoms with Crippen LogP contribution in [0.4, 0.5) is 0 Å². The average Bonchev–Trinajstić information content (AvgIpc) is 2.30. The molecule has 2 aliphatic heterocycles. The van der Waals surface area contributed by atoms with Crippen molar-refractivity contribution in [3.63, 3.8) is 0 Å². The molecule has 1 N–H and O–H groups in total. The molecular formula is C10H18N2O. The maximum Gasteiger partial charge on any atom is 0.228 e. The van der Waals surface area contributed by atoms with Crippen molar-refractivity contribution in [3.8, 4) is 0 Å². The predicted molar refractivity (Wildman–Crippen MR) is 51.3 cm³/mol. The molecule has 2 unspecified atom stereocenters. The molecule has 74 valence electrons. The van der Waals surface area contributed by atoms with Gasteiger partial charge in [0.15, 0.2) is 0 Å². The van der Waals surface area contributed by atoms with E-state index in [4.69, 9.17) is 0 Å². The van der Waals surface area contributed by atoms with E-state index < -0.39 is 0 Å².